The van der Waals surface area contributed by atoms with Crippen LogP contribution in [0.5, 0.6) is 0 Å². The van der Waals surface area contributed by atoms with Crippen LogP contribution >= 0.6 is 11.8 Å². The number of anilines is 1. The fraction of sp³-hybridized carbons (Fsp3) is 0.588. The van der Waals surface area contributed by atoms with Crippen molar-refractivity contribution in [3.8, 4) is 0 Å². The Labute approximate surface area is 142 Å². The molecule has 2 aliphatic heterocycles. The van der Waals surface area contributed by atoms with Gasteiger partial charge in [0.25, 0.3) is 0 Å². The molecule has 0 spiro atoms. The Bertz CT molecular complexity index is 526. The molecule has 2 fully saturated rings. The summed E-state index contributed by atoms with van der Waals surface area (Å²) in [7, 11) is 0. The maximum Gasteiger partial charge on any atom is 0.321 e. The summed E-state index contributed by atoms with van der Waals surface area (Å²) in [6, 6.07) is 7.93. The van der Waals surface area contributed by atoms with Crippen molar-refractivity contribution in [2.45, 2.75) is 23.8 Å². The van der Waals surface area contributed by atoms with E-state index in [4.69, 9.17) is 4.74 Å². The number of nitrogens with one attached hydrogen (secondary N) is 1. The minimum Gasteiger partial charge on any atom is -0.377 e. The molecule has 126 valence electrons. The molecule has 0 unspecified atom stereocenters. The molecule has 1 aromatic carbocycles. The van der Waals surface area contributed by atoms with Crippen molar-refractivity contribution >= 4 is 23.5 Å². The Morgan fingerprint density at radius 3 is 2.78 bits per heavy atom. The van der Waals surface area contributed by atoms with Gasteiger partial charge in [-0.1, -0.05) is 12.1 Å². The summed E-state index contributed by atoms with van der Waals surface area (Å²) < 4.78 is 5.70. The number of thioether (sulfide) groups is 1. The van der Waals surface area contributed by atoms with Gasteiger partial charge >= 0.3 is 6.03 Å². The third-order valence-corrected chi connectivity index (χ3v) is 5.29. The van der Waals surface area contributed by atoms with E-state index in [0.717, 1.165) is 49.9 Å². The molecule has 5 nitrogen and oxygen atoms in total. The number of ether oxygens (including phenoxy) is 1. The predicted octanol–water partition coefficient (Wildman–Crippen LogP) is 2.74. The van der Waals surface area contributed by atoms with Crippen molar-refractivity contribution in [3.63, 3.8) is 0 Å². The van der Waals surface area contributed by atoms with Crippen molar-refractivity contribution in [3.05, 3.63) is 24.3 Å². The van der Waals surface area contributed by atoms with E-state index in [1.54, 1.807) is 11.8 Å². The molecule has 3 rings (SSSR count). The normalized spacial score (nSPS) is 22.3. The Hall–Kier alpha value is -1.24. The van der Waals surface area contributed by atoms with Crippen LogP contribution < -0.4 is 5.32 Å². The molecule has 0 saturated carbocycles. The average Bonchev–Trinajstić information content (AvgIpc) is 3.09. The zero-order valence-electron chi connectivity index (χ0n) is 13.7. The molecule has 0 radical (unpaired) electrons. The lowest BCUT2D eigenvalue weighted by Crippen LogP contribution is -2.51. The number of nitrogens with zero attached hydrogens (tertiary/aromatic N) is 2. The van der Waals surface area contributed by atoms with Crippen LogP contribution in [0.15, 0.2) is 29.2 Å². The van der Waals surface area contributed by atoms with E-state index in [1.165, 1.54) is 12.8 Å². The molecule has 6 heteroatoms. The van der Waals surface area contributed by atoms with Crippen LogP contribution in [0.4, 0.5) is 10.5 Å². The third-order valence-electron chi connectivity index (χ3n) is 4.49. The van der Waals surface area contributed by atoms with E-state index >= 15 is 0 Å². The van der Waals surface area contributed by atoms with Gasteiger partial charge in [-0.25, -0.2) is 4.79 Å². The Balaban J connectivity index is 1.48. The highest BCUT2D eigenvalue weighted by molar-refractivity contribution is 7.98. The number of hydrogen-bond donors (Lipinski definition) is 1. The molecule has 1 N–H and O–H groups in total. The van der Waals surface area contributed by atoms with Crippen LogP contribution in [0, 0.1) is 0 Å². The highest BCUT2D eigenvalue weighted by Gasteiger charge is 2.25. The number of benzene rings is 1. The topological polar surface area (TPSA) is 44.8 Å². The summed E-state index contributed by atoms with van der Waals surface area (Å²) in [6.45, 7) is 5.32. The second-order valence-electron chi connectivity index (χ2n) is 6.05. The van der Waals surface area contributed by atoms with Crippen molar-refractivity contribution in [1.29, 1.82) is 0 Å². The van der Waals surface area contributed by atoms with Crippen LogP contribution in [-0.2, 0) is 4.74 Å². The van der Waals surface area contributed by atoms with Crippen molar-refractivity contribution in [1.82, 2.24) is 9.80 Å². The summed E-state index contributed by atoms with van der Waals surface area (Å²) in [5.74, 6) is 0. The van der Waals surface area contributed by atoms with E-state index in [0.29, 0.717) is 6.10 Å². The van der Waals surface area contributed by atoms with Crippen LogP contribution in [0.2, 0.25) is 0 Å². The Morgan fingerprint density at radius 1 is 1.30 bits per heavy atom. The van der Waals surface area contributed by atoms with Crippen LogP contribution in [0.3, 0.4) is 0 Å². The summed E-state index contributed by atoms with van der Waals surface area (Å²) >= 11 is 1.65. The molecule has 2 heterocycles. The fourth-order valence-corrected chi connectivity index (χ4v) is 3.71. The van der Waals surface area contributed by atoms with E-state index in [9.17, 15) is 4.79 Å². The third kappa shape index (κ3) is 4.40. The van der Waals surface area contributed by atoms with Gasteiger partial charge in [0.1, 0.15) is 0 Å². The molecular formula is C17H25N3O2S. The summed E-state index contributed by atoms with van der Waals surface area (Å²) in [5.41, 5.74) is 0.895. The number of rotatable bonds is 4. The lowest BCUT2D eigenvalue weighted by atomic mass is 10.2. The summed E-state index contributed by atoms with van der Waals surface area (Å²) in [4.78, 5) is 17.9. The zero-order valence-corrected chi connectivity index (χ0v) is 14.5. The lowest BCUT2D eigenvalue weighted by Gasteiger charge is -2.35. The first-order valence-electron chi connectivity index (χ1n) is 8.29. The molecule has 0 bridgehead atoms. The minimum absolute atomic E-state index is 0.00302. The number of carbonyl (C=O) groups is 1. The number of carbonyl (C=O) groups excluding carboxylic acids is 1. The van der Waals surface area contributed by atoms with E-state index in [2.05, 4.69) is 10.2 Å². The molecule has 1 atom stereocenters. The Morgan fingerprint density at radius 2 is 2.09 bits per heavy atom. The summed E-state index contributed by atoms with van der Waals surface area (Å²) in [6.07, 6.45) is 4.77. The fourth-order valence-electron chi connectivity index (χ4n) is 3.15. The molecule has 1 aromatic rings. The van der Waals surface area contributed by atoms with Gasteiger partial charge in [-0.3, -0.25) is 4.90 Å². The maximum absolute atomic E-state index is 12.4. The first-order valence-corrected chi connectivity index (χ1v) is 9.51. The number of hydrogen-bond acceptors (Lipinski definition) is 4. The molecule has 0 aromatic heterocycles. The standard InChI is InChI=1S/C17H25N3O2S/c1-23-16-7-3-2-6-15(16)18-17(21)20-10-8-19(9-11-20)13-14-5-4-12-22-14/h2-3,6-7,14H,4-5,8-13H2,1H3,(H,18,21)/t14-/m0/s1. The second kappa shape index (κ2) is 8.04. The lowest BCUT2D eigenvalue weighted by molar-refractivity contribution is 0.0572. The molecule has 2 saturated heterocycles. The highest BCUT2D eigenvalue weighted by atomic mass is 32.2. The van der Waals surface area contributed by atoms with Gasteiger partial charge in [-0.15, -0.1) is 11.8 Å². The SMILES string of the molecule is CSc1ccccc1NC(=O)N1CCN(C[C@@H]2CCCO2)CC1. The molecule has 23 heavy (non-hydrogen) atoms. The van der Waals surface area contributed by atoms with E-state index < -0.39 is 0 Å². The molecule has 0 aliphatic carbocycles. The smallest absolute Gasteiger partial charge is 0.321 e. The summed E-state index contributed by atoms with van der Waals surface area (Å²) in [5, 5.41) is 3.04. The highest BCUT2D eigenvalue weighted by Crippen LogP contribution is 2.25. The average molecular weight is 335 g/mol. The van der Waals surface area contributed by atoms with Crippen molar-refractivity contribution in [2.75, 3.05) is 50.9 Å². The number of para-hydroxylation sites is 1. The molecular weight excluding hydrogens is 310 g/mol. The van der Waals surface area contributed by atoms with Crippen molar-refractivity contribution < 1.29 is 9.53 Å². The Kier molecular flexibility index (Phi) is 5.80. The molecule has 2 aliphatic rings. The largest absolute Gasteiger partial charge is 0.377 e. The first kappa shape index (κ1) is 16.6. The molecule has 2 amide bonds. The van der Waals surface area contributed by atoms with E-state index in [-0.39, 0.29) is 6.03 Å². The van der Waals surface area contributed by atoms with Gasteiger partial charge in [0, 0.05) is 44.2 Å². The van der Waals surface area contributed by atoms with Gasteiger partial charge in [-0.2, -0.15) is 0 Å². The van der Waals surface area contributed by atoms with E-state index in [1.807, 2.05) is 35.4 Å². The van der Waals surface area contributed by atoms with Gasteiger partial charge in [0.15, 0.2) is 0 Å². The number of amides is 2. The first-order chi connectivity index (χ1) is 11.3. The van der Waals surface area contributed by atoms with Gasteiger partial charge < -0.3 is 15.0 Å². The quantitative estimate of drug-likeness (QED) is 0.860. The van der Waals surface area contributed by atoms with Crippen LogP contribution in [0.1, 0.15) is 12.8 Å². The second-order valence-corrected chi connectivity index (χ2v) is 6.90. The monoisotopic (exact) mass is 335 g/mol. The van der Waals surface area contributed by atoms with Gasteiger partial charge in [0.2, 0.25) is 0 Å². The van der Waals surface area contributed by atoms with Crippen molar-refractivity contribution in [2.24, 2.45) is 0 Å². The minimum atomic E-state index is 0.00302. The van der Waals surface area contributed by atoms with Gasteiger partial charge in [0.05, 0.1) is 11.8 Å². The maximum atomic E-state index is 12.4. The zero-order chi connectivity index (χ0) is 16.1. The number of piperazine rings is 1. The van der Waals surface area contributed by atoms with Gasteiger partial charge in [-0.05, 0) is 31.2 Å². The van der Waals surface area contributed by atoms with Crippen LogP contribution in [-0.4, -0.2) is 67.5 Å². The number of urea groups is 1. The predicted molar refractivity (Wildman–Crippen MR) is 94.2 cm³/mol. The van der Waals surface area contributed by atoms with Crippen LogP contribution in [0.25, 0.3) is 0 Å².